The summed E-state index contributed by atoms with van der Waals surface area (Å²) in [4.78, 5) is 13.7. The molecule has 0 fully saturated rings. The quantitative estimate of drug-likeness (QED) is 0.278. The minimum absolute atomic E-state index is 0.440. The van der Waals surface area contributed by atoms with Crippen LogP contribution in [0.25, 0.3) is 16.9 Å². The molecule has 1 aromatic carbocycles. The van der Waals surface area contributed by atoms with Gasteiger partial charge in [0, 0.05) is 42.1 Å². The van der Waals surface area contributed by atoms with Crippen LogP contribution < -0.4 is 16.4 Å². The van der Waals surface area contributed by atoms with E-state index in [1.807, 2.05) is 30.5 Å². The van der Waals surface area contributed by atoms with E-state index in [9.17, 15) is 0 Å². The average molecular weight is 495 g/mol. The molecule has 34 heavy (non-hydrogen) atoms. The number of anilines is 3. The third kappa shape index (κ3) is 4.87. The molecule has 12 heteroatoms. The number of nitrogens with two attached hydrogens (primary N) is 1. The Bertz CT molecular complexity index is 1410. The van der Waals surface area contributed by atoms with Crippen LogP contribution in [0.2, 0.25) is 10.0 Å². The van der Waals surface area contributed by atoms with E-state index < -0.39 is 0 Å². The molecule has 0 aliphatic carbocycles. The summed E-state index contributed by atoms with van der Waals surface area (Å²) in [7, 11) is 0. The molecule has 0 radical (unpaired) electrons. The fourth-order valence-corrected chi connectivity index (χ4v) is 3.87. The summed E-state index contributed by atoms with van der Waals surface area (Å²) in [6.45, 7) is 1.59. The van der Waals surface area contributed by atoms with Crippen LogP contribution in [-0.4, -0.2) is 47.4 Å². The smallest absolute Gasteiger partial charge is 0.226 e. The Morgan fingerprint density at radius 3 is 2.65 bits per heavy atom. The second-order valence-electron chi connectivity index (χ2n) is 7.42. The minimum Gasteiger partial charge on any atom is -0.397 e. The van der Waals surface area contributed by atoms with Gasteiger partial charge in [0.25, 0.3) is 0 Å². The summed E-state index contributed by atoms with van der Waals surface area (Å²) < 4.78 is 3.43. The first-order chi connectivity index (χ1) is 16.5. The Kier molecular flexibility index (Phi) is 6.15. The van der Waals surface area contributed by atoms with Crippen molar-refractivity contribution in [2.75, 3.05) is 29.5 Å². The molecule has 172 valence electrons. The van der Waals surface area contributed by atoms with Crippen molar-refractivity contribution in [3.05, 3.63) is 76.9 Å². The summed E-state index contributed by atoms with van der Waals surface area (Å²) in [5.74, 6) is 1.87. The molecule has 4 N–H and O–H groups in total. The van der Waals surface area contributed by atoms with Crippen LogP contribution in [0, 0.1) is 0 Å². The first kappa shape index (κ1) is 21.9. The summed E-state index contributed by atoms with van der Waals surface area (Å²) in [6.07, 6.45) is 5.18. The minimum atomic E-state index is 0.440. The number of hydrogen-bond donors (Lipinski definition) is 3. The van der Waals surface area contributed by atoms with Gasteiger partial charge in [0.2, 0.25) is 5.95 Å². The summed E-state index contributed by atoms with van der Waals surface area (Å²) in [5, 5.41) is 16.5. The van der Waals surface area contributed by atoms with E-state index in [4.69, 9.17) is 33.9 Å². The van der Waals surface area contributed by atoms with Gasteiger partial charge in [0.05, 0.1) is 22.6 Å². The number of aromatic nitrogens is 7. The zero-order valence-corrected chi connectivity index (χ0v) is 19.4. The maximum Gasteiger partial charge on any atom is 0.226 e. The van der Waals surface area contributed by atoms with E-state index in [0.717, 1.165) is 11.4 Å². The molecule has 5 rings (SSSR count). The monoisotopic (exact) mass is 494 g/mol. The summed E-state index contributed by atoms with van der Waals surface area (Å²) in [5.41, 5.74) is 8.34. The summed E-state index contributed by atoms with van der Waals surface area (Å²) in [6, 6.07) is 12.6. The lowest BCUT2D eigenvalue weighted by Crippen LogP contribution is -2.17. The van der Waals surface area contributed by atoms with E-state index in [-0.39, 0.29) is 0 Å². The largest absolute Gasteiger partial charge is 0.397 e. The Hall–Kier alpha value is -3.89. The van der Waals surface area contributed by atoms with E-state index in [1.54, 1.807) is 39.8 Å². The predicted molar refractivity (Wildman–Crippen MR) is 133 cm³/mol. The van der Waals surface area contributed by atoms with Crippen LogP contribution in [0.3, 0.4) is 0 Å². The molecular weight excluding hydrogens is 475 g/mol. The van der Waals surface area contributed by atoms with Gasteiger partial charge in [-0.3, -0.25) is 4.68 Å². The Morgan fingerprint density at radius 1 is 1.00 bits per heavy atom. The van der Waals surface area contributed by atoms with E-state index in [1.165, 1.54) is 0 Å². The molecule has 0 saturated carbocycles. The Balaban J connectivity index is 1.43. The maximum absolute atomic E-state index is 6.45. The van der Waals surface area contributed by atoms with Crippen molar-refractivity contribution in [3.63, 3.8) is 0 Å². The molecule has 4 heterocycles. The first-order valence-corrected chi connectivity index (χ1v) is 11.2. The van der Waals surface area contributed by atoms with Crippen molar-refractivity contribution in [2.24, 2.45) is 0 Å². The van der Waals surface area contributed by atoms with E-state index >= 15 is 0 Å². The van der Waals surface area contributed by atoms with Crippen LogP contribution in [-0.2, 0) is 6.54 Å². The number of fused-ring (bicyclic) bond motifs is 1. The van der Waals surface area contributed by atoms with Gasteiger partial charge in [-0.05, 0) is 36.4 Å². The number of benzene rings is 1. The van der Waals surface area contributed by atoms with E-state index in [0.29, 0.717) is 58.5 Å². The molecule has 0 amide bonds. The van der Waals surface area contributed by atoms with Gasteiger partial charge >= 0.3 is 0 Å². The lowest BCUT2D eigenvalue weighted by atomic mass is 10.1. The van der Waals surface area contributed by atoms with Crippen molar-refractivity contribution in [2.45, 2.75) is 6.54 Å². The van der Waals surface area contributed by atoms with E-state index in [2.05, 4.69) is 30.8 Å². The number of pyridine rings is 1. The Morgan fingerprint density at radius 2 is 1.88 bits per heavy atom. The molecule has 0 unspecified atom stereocenters. The van der Waals surface area contributed by atoms with Gasteiger partial charge in [0.15, 0.2) is 11.5 Å². The van der Waals surface area contributed by atoms with Gasteiger partial charge in [-0.2, -0.15) is 9.61 Å². The van der Waals surface area contributed by atoms with Crippen LogP contribution in [0.1, 0.15) is 5.82 Å². The lowest BCUT2D eigenvalue weighted by molar-refractivity contribution is 0.654. The van der Waals surface area contributed by atoms with Crippen LogP contribution in [0.4, 0.5) is 17.5 Å². The number of hydrogen-bond acceptors (Lipinski definition) is 8. The van der Waals surface area contributed by atoms with Gasteiger partial charge < -0.3 is 16.4 Å². The van der Waals surface area contributed by atoms with Gasteiger partial charge in [-0.25, -0.2) is 15.0 Å². The normalized spacial score (nSPS) is 11.1. The fourth-order valence-electron chi connectivity index (χ4n) is 3.36. The maximum atomic E-state index is 6.45. The van der Waals surface area contributed by atoms with Crippen molar-refractivity contribution in [1.82, 2.24) is 34.3 Å². The van der Waals surface area contributed by atoms with Crippen LogP contribution >= 0.6 is 23.2 Å². The molecule has 0 aliphatic heterocycles. The summed E-state index contributed by atoms with van der Waals surface area (Å²) >= 11 is 12.5. The molecule has 5 aromatic rings. The first-order valence-electron chi connectivity index (χ1n) is 10.4. The molecule has 0 atom stereocenters. The molecule has 10 nitrogen and oxygen atoms in total. The highest BCUT2D eigenvalue weighted by atomic mass is 35.5. The highest BCUT2D eigenvalue weighted by Gasteiger charge is 2.14. The number of halogens is 2. The third-order valence-electron chi connectivity index (χ3n) is 4.94. The van der Waals surface area contributed by atoms with Crippen molar-refractivity contribution >= 4 is 46.3 Å². The number of nitrogen functional groups attached to an aromatic ring is 1. The van der Waals surface area contributed by atoms with Gasteiger partial charge in [0.1, 0.15) is 12.4 Å². The standard InChI is InChI=1S/C22H20Cl2N10/c23-14-2-4-16(17(24)10-14)18-11-21-31-20(13-33-9-1-6-29-33)32-34(21)22(30-18)27-8-7-26-19-5-3-15(25)12-28-19/h1-6,9-12H,7-8,13,25H2,(H,26,28)(H,27,30). The van der Waals surface area contributed by atoms with Crippen molar-refractivity contribution < 1.29 is 0 Å². The topological polar surface area (TPSA) is 124 Å². The second kappa shape index (κ2) is 9.54. The molecule has 0 aliphatic rings. The van der Waals surface area contributed by atoms with Crippen LogP contribution in [0.15, 0.2) is 61.1 Å². The highest BCUT2D eigenvalue weighted by molar-refractivity contribution is 6.36. The van der Waals surface area contributed by atoms with Crippen LogP contribution in [0.5, 0.6) is 0 Å². The van der Waals surface area contributed by atoms with Gasteiger partial charge in [-0.1, -0.05) is 23.2 Å². The number of nitrogens with one attached hydrogen (secondary N) is 2. The highest BCUT2D eigenvalue weighted by Crippen LogP contribution is 2.30. The second-order valence-corrected chi connectivity index (χ2v) is 8.26. The fraction of sp³-hybridized carbons (Fsp3) is 0.136. The predicted octanol–water partition coefficient (Wildman–Crippen LogP) is 3.84. The molecule has 0 spiro atoms. The number of nitrogens with zero attached hydrogens (tertiary/aromatic N) is 7. The SMILES string of the molecule is Nc1ccc(NCCNc2nc(-c3ccc(Cl)cc3Cl)cc3nc(Cn4cccn4)nn23)nc1. The zero-order chi connectivity index (χ0) is 23.5. The van der Waals surface area contributed by atoms with Gasteiger partial charge in [-0.15, -0.1) is 5.10 Å². The van der Waals surface area contributed by atoms with Crippen molar-refractivity contribution in [3.8, 4) is 11.3 Å². The third-order valence-corrected chi connectivity index (χ3v) is 5.49. The van der Waals surface area contributed by atoms with Crippen molar-refractivity contribution in [1.29, 1.82) is 0 Å². The average Bonchev–Trinajstić information content (AvgIpc) is 3.47. The lowest BCUT2D eigenvalue weighted by Gasteiger charge is -2.11. The number of rotatable bonds is 8. The molecular formula is C22H20Cl2N10. The molecule has 0 saturated heterocycles. The molecule has 0 bridgehead atoms. The Labute approximate surface area is 204 Å². The molecule has 4 aromatic heterocycles. The zero-order valence-electron chi connectivity index (χ0n) is 17.9.